The summed E-state index contributed by atoms with van der Waals surface area (Å²) in [6.07, 6.45) is 0.0323. The minimum atomic E-state index is -3.53. The molecule has 9 heteroatoms. The van der Waals surface area contributed by atoms with Crippen molar-refractivity contribution in [1.29, 1.82) is 0 Å². The van der Waals surface area contributed by atoms with Crippen LogP contribution >= 0.6 is 0 Å². The minimum Gasteiger partial charge on any atom is -0.445 e. The molecule has 0 spiro atoms. The smallest absolute Gasteiger partial charge is 0.408 e. The van der Waals surface area contributed by atoms with Crippen molar-refractivity contribution in [3.05, 3.63) is 65.7 Å². The fourth-order valence-corrected chi connectivity index (χ4v) is 4.84. The van der Waals surface area contributed by atoms with Crippen LogP contribution in [-0.2, 0) is 32.7 Å². The maximum Gasteiger partial charge on any atom is 0.408 e. The summed E-state index contributed by atoms with van der Waals surface area (Å²) in [7, 11) is -3.53. The number of ether oxygens (including phenoxy) is 1. The van der Waals surface area contributed by atoms with Gasteiger partial charge >= 0.3 is 6.09 Å². The Balaban J connectivity index is 1.97. The molecule has 8 nitrogen and oxygen atoms in total. The molecule has 0 aromatic heterocycles. The topological polar surface area (TPSA) is 105 Å². The zero-order valence-electron chi connectivity index (χ0n) is 20.3. The van der Waals surface area contributed by atoms with Gasteiger partial charge in [0, 0.05) is 19.6 Å². The van der Waals surface area contributed by atoms with Crippen LogP contribution in [0, 0.1) is 5.92 Å². The van der Waals surface area contributed by atoms with Gasteiger partial charge in [-0.2, -0.15) is 4.31 Å². The highest BCUT2D eigenvalue weighted by atomic mass is 32.2. The molecule has 0 aliphatic rings. The first-order chi connectivity index (χ1) is 16.2. The maximum atomic E-state index is 12.8. The zero-order chi connectivity index (χ0) is 25.1. The van der Waals surface area contributed by atoms with Gasteiger partial charge in [-0.1, -0.05) is 76.6 Å². The summed E-state index contributed by atoms with van der Waals surface area (Å²) in [6, 6.07) is 15.0. The van der Waals surface area contributed by atoms with Crippen molar-refractivity contribution in [2.24, 2.45) is 5.92 Å². The molecule has 0 saturated carbocycles. The number of alkyl carbamates (subject to hydrolysis) is 1. The summed E-state index contributed by atoms with van der Waals surface area (Å²) in [4.78, 5) is 25.3. The second-order valence-electron chi connectivity index (χ2n) is 8.02. The average molecular weight is 490 g/mol. The molecular formula is C25H35N3O5S. The molecule has 0 unspecified atom stereocenters. The summed E-state index contributed by atoms with van der Waals surface area (Å²) in [6.45, 7) is 8.53. The number of nitrogens with one attached hydrogen (secondary N) is 2. The van der Waals surface area contributed by atoms with Crippen molar-refractivity contribution < 1.29 is 22.7 Å². The van der Waals surface area contributed by atoms with Crippen LogP contribution in [-0.4, -0.2) is 43.9 Å². The molecule has 2 atom stereocenters. The van der Waals surface area contributed by atoms with Crippen LogP contribution in [0.4, 0.5) is 4.79 Å². The van der Waals surface area contributed by atoms with Crippen molar-refractivity contribution in [2.45, 2.75) is 58.2 Å². The molecule has 0 bridgehead atoms. The Kier molecular flexibility index (Phi) is 10.5. The Bertz CT molecular complexity index is 1020. The molecule has 0 radical (unpaired) electrons. The summed E-state index contributed by atoms with van der Waals surface area (Å²) in [5.74, 6) is -0.434. The quantitative estimate of drug-likeness (QED) is 0.473. The molecule has 0 heterocycles. The SMILES string of the molecule is CC[C@H](C)[C@H](NC(=O)OCc1ccccc1)C(=O)NCc1ccc(S(=O)(=O)N(CC)CC)cc1. The Morgan fingerprint density at radius 3 is 2.12 bits per heavy atom. The van der Waals surface area contributed by atoms with Crippen molar-refractivity contribution in [2.75, 3.05) is 13.1 Å². The molecule has 2 amide bonds. The highest BCUT2D eigenvalue weighted by Crippen LogP contribution is 2.16. The number of hydrogen-bond acceptors (Lipinski definition) is 5. The van der Waals surface area contributed by atoms with Crippen LogP contribution in [0.25, 0.3) is 0 Å². The van der Waals surface area contributed by atoms with Gasteiger partial charge in [0.2, 0.25) is 15.9 Å². The van der Waals surface area contributed by atoms with E-state index < -0.39 is 22.2 Å². The number of benzene rings is 2. The van der Waals surface area contributed by atoms with Gasteiger partial charge in [-0.05, 0) is 29.2 Å². The van der Waals surface area contributed by atoms with E-state index in [0.29, 0.717) is 19.5 Å². The second-order valence-corrected chi connectivity index (χ2v) is 9.96. The predicted octanol–water partition coefficient (Wildman–Crippen LogP) is 3.67. The number of rotatable bonds is 12. The summed E-state index contributed by atoms with van der Waals surface area (Å²) >= 11 is 0. The summed E-state index contributed by atoms with van der Waals surface area (Å²) in [5.41, 5.74) is 1.61. The van der Waals surface area contributed by atoms with Crippen LogP contribution in [0.3, 0.4) is 0 Å². The van der Waals surface area contributed by atoms with E-state index in [4.69, 9.17) is 4.74 Å². The van der Waals surface area contributed by atoms with Crippen LogP contribution in [0.1, 0.15) is 45.2 Å². The average Bonchev–Trinajstić information content (AvgIpc) is 2.85. The lowest BCUT2D eigenvalue weighted by Crippen LogP contribution is -2.50. The van der Waals surface area contributed by atoms with E-state index >= 15 is 0 Å². The Morgan fingerprint density at radius 1 is 0.941 bits per heavy atom. The van der Waals surface area contributed by atoms with Gasteiger partial charge in [0.1, 0.15) is 12.6 Å². The fourth-order valence-electron chi connectivity index (χ4n) is 3.38. The van der Waals surface area contributed by atoms with Crippen molar-refractivity contribution in [1.82, 2.24) is 14.9 Å². The Morgan fingerprint density at radius 2 is 1.56 bits per heavy atom. The molecule has 2 rings (SSSR count). The lowest BCUT2D eigenvalue weighted by molar-refractivity contribution is -0.124. The highest BCUT2D eigenvalue weighted by molar-refractivity contribution is 7.89. The fraction of sp³-hybridized carbons (Fsp3) is 0.440. The number of hydrogen-bond donors (Lipinski definition) is 2. The van der Waals surface area contributed by atoms with Crippen molar-refractivity contribution in [3.8, 4) is 0 Å². The van der Waals surface area contributed by atoms with E-state index in [1.165, 1.54) is 4.31 Å². The van der Waals surface area contributed by atoms with Crippen LogP contribution in [0.5, 0.6) is 0 Å². The van der Waals surface area contributed by atoms with Gasteiger partial charge < -0.3 is 15.4 Å². The van der Waals surface area contributed by atoms with Gasteiger partial charge in [0.25, 0.3) is 0 Å². The van der Waals surface area contributed by atoms with Crippen LogP contribution < -0.4 is 10.6 Å². The molecule has 186 valence electrons. The predicted molar refractivity (Wildman–Crippen MR) is 131 cm³/mol. The molecular weight excluding hydrogens is 454 g/mol. The lowest BCUT2D eigenvalue weighted by atomic mass is 9.98. The first kappa shape index (κ1) is 27.3. The first-order valence-corrected chi connectivity index (χ1v) is 13.0. The number of sulfonamides is 1. The monoisotopic (exact) mass is 489 g/mol. The van der Waals surface area contributed by atoms with E-state index in [9.17, 15) is 18.0 Å². The number of carbonyl (C=O) groups excluding carboxylic acids is 2. The van der Waals surface area contributed by atoms with Crippen LogP contribution in [0.15, 0.2) is 59.5 Å². The van der Waals surface area contributed by atoms with Crippen LogP contribution in [0.2, 0.25) is 0 Å². The molecule has 2 aromatic rings. The standard InChI is InChI=1S/C25H35N3O5S/c1-5-19(4)23(27-25(30)33-18-21-11-9-8-10-12-21)24(29)26-17-20-13-15-22(16-14-20)34(31,32)28(6-2)7-3/h8-16,19,23H,5-7,17-18H2,1-4H3,(H,26,29)(H,27,30)/t19-,23-/m0/s1. The molecule has 34 heavy (non-hydrogen) atoms. The van der Waals surface area contributed by atoms with E-state index in [2.05, 4.69) is 10.6 Å². The largest absolute Gasteiger partial charge is 0.445 e. The molecule has 0 aliphatic heterocycles. The van der Waals surface area contributed by atoms with Gasteiger partial charge in [0.05, 0.1) is 4.90 Å². The zero-order valence-corrected chi connectivity index (χ0v) is 21.1. The summed E-state index contributed by atoms with van der Waals surface area (Å²) < 4.78 is 31.9. The maximum absolute atomic E-state index is 12.8. The van der Waals surface area contributed by atoms with E-state index in [1.807, 2.05) is 44.2 Å². The molecule has 0 aliphatic carbocycles. The minimum absolute atomic E-state index is 0.106. The Labute approximate surface area is 202 Å². The number of nitrogens with zero attached hydrogens (tertiary/aromatic N) is 1. The molecule has 0 saturated heterocycles. The number of carbonyl (C=O) groups is 2. The second kappa shape index (κ2) is 13.1. The van der Waals surface area contributed by atoms with E-state index in [0.717, 1.165) is 11.1 Å². The van der Waals surface area contributed by atoms with Gasteiger partial charge in [-0.15, -0.1) is 0 Å². The number of amides is 2. The van der Waals surface area contributed by atoms with E-state index in [1.54, 1.807) is 38.1 Å². The summed E-state index contributed by atoms with van der Waals surface area (Å²) in [5, 5.41) is 5.50. The molecule has 2 N–H and O–H groups in total. The third-order valence-electron chi connectivity index (χ3n) is 5.71. The van der Waals surface area contributed by atoms with E-state index in [-0.39, 0.29) is 29.9 Å². The van der Waals surface area contributed by atoms with Crippen molar-refractivity contribution in [3.63, 3.8) is 0 Å². The molecule has 0 fully saturated rings. The van der Waals surface area contributed by atoms with Crippen molar-refractivity contribution >= 4 is 22.0 Å². The van der Waals surface area contributed by atoms with Gasteiger partial charge in [-0.3, -0.25) is 4.79 Å². The van der Waals surface area contributed by atoms with Gasteiger partial charge in [0.15, 0.2) is 0 Å². The third-order valence-corrected chi connectivity index (χ3v) is 7.78. The third kappa shape index (κ3) is 7.56. The molecule has 2 aromatic carbocycles. The van der Waals surface area contributed by atoms with Gasteiger partial charge in [-0.25, -0.2) is 13.2 Å². The lowest BCUT2D eigenvalue weighted by Gasteiger charge is -2.23. The highest BCUT2D eigenvalue weighted by Gasteiger charge is 2.26. The normalized spacial score (nSPS) is 13.2. The first-order valence-electron chi connectivity index (χ1n) is 11.6. The Hall–Kier alpha value is -2.91.